The van der Waals surface area contributed by atoms with E-state index in [1.54, 1.807) is 6.92 Å². The van der Waals surface area contributed by atoms with Gasteiger partial charge in [-0.1, -0.05) is 6.92 Å². The van der Waals surface area contributed by atoms with E-state index in [1.165, 1.54) is 6.92 Å². The van der Waals surface area contributed by atoms with Gasteiger partial charge in [0.2, 0.25) is 5.60 Å². The number of esters is 3. The van der Waals surface area contributed by atoms with Crippen molar-refractivity contribution in [1.82, 2.24) is 0 Å². The van der Waals surface area contributed by atoms with Crippen molar-refractivity contribution in [2.24, 2.45) is 11.3 Å². The number of fused-ring (bicyclic) bond motifs is 1. The van der Waals surface area contributed by atoms with Gasteiger partial charge in [-0.2, -0.15) is 0 Å². The zero-order valence-electron chi connectivity index (χ0n) is 12.4. The molecule has 4 atom stereocenters. The van der Waals surface area contributed by atoms with Gasteiger partial charge in [0.05, 0.1) is 0 Å². The van der Waals surface area contributed by atoms with Crippen molar-refractivity contribution in [3.05, 3.63) is 0 Å². The molecule has 0 aromatic rings. The van der Waals surface area contributed by atoms with Crippen molar-refractivity contribution < 1.29 is 33.4 Å². The molecule has 0 aromatic carbocycles. The van der Waals surface area contributed by atoms with Crippen LogP contribution in [0.4, 0.5) is 0 Å². The van der Waals surface area contributed by atoms with Gasteiger partial charge in [-0.15, -0.1) is 0 Å². The van der Waals surface area contributed by atoms with E-state index in [0.717, 1.165) is 13.8 Å². The molecule has 116 valence electrons. The Morgan fingerprint density at radius 2 is 1.86 bits per heavy atom. The van der Waals surface area contributed by atoms with Crippen molar-refractivity contribution in [2.75, 3.05) is 0 Å². The molecule has 1 saturated carbocycles. The Morgan fingerprint density at radius 1 is 1.24 bits per heavy atom. The summed E-state index contributed by atoms with van der Waals surface area (Å²) in [5.74, 6) is -2.95. The van der Waals surface area contributed by atoms with Crippen LogP contribution in [0.5, 0.6) is 0 Å². The van der Waals surface area contributed by atoms with Crippen molar-refractivity contribution >= 4 is 23.7 Å². The van der Waals surface area contributed by atoms with Gasteiger partial charge < -0.3 is 14.2 Å². The molecule has 2 aliphatic rings. The summed E-state index contributed by atoms with van der Waals surface area (Å²) >= 11 is 0. The highest BCUT2D eigenvalue weighted by atomic mass is 16.7. The van der Waals surface area contributed by atoms with Crippen LogP contribution in [0.25, 0.3) is 0 Å². The van der Waals surface area contributed by atoms with Gasteiger partial charge in [0.1, 0.15) is 0 Å². The lowest BCUT2D eigenvalue weighted by Crippen LogP contribution is -2.63. The van der Waals surface area contributed by atoms with E-state index in [0.29, 0.717) is 6.42 Å². The van der Waals surface area contributed by atoms with Crippen LogP contribution in [0.1, 0.15) is 40.5 Å². The Hall–Kier alpha value is -1.92. The average molecular weight is 298 g/mol. The Kier molecular flexibility index (Phi) is 3.55. The van der Waals surface area contributed by atoms with Crippen LogP contribution in [0, 0.1) is 11.3 Å². The molecule has 1 aliphatic heterocycles. The third kappa shape index (κ3) is 1.94. The standard InChI is InChI=1S/C14H18O7/c1-7-5-6-10(17)13(4)12(19-8(2)15)20-11(18)14(7,13)21-9(3)16/h7,12H,5-6H2,1-4H3/t7-,12+,13-,14-/m1/s1. The first-order valence-electron chi connectivity index (χ1n) is 6.77. The number of ether oxygens (including phenoxy) is 3. The van der Waals surface area contributed by atoms with E-state index in [2.05, 4.69) is 0 Å². The molecule has 0 bridgehead atoms. The Morgan fingerprint density at radius 3 is 2.38 bits per heavy atom. The quantitative estimate of drug-likeness (QED) is 0.694. The number of cyclic esters (lactones) is 1. The number of hydrogen-bond donors (Lipinski definition) is 0. The zero-order valence-corrected chi connectivity index (χ0v) is 12.4. The molecular weight excluding hydrogens is 280 g/mol. The fourth-order valence-electron chi connectivity index (χ4n) is 3.32. The second kappa shape index (κ2) is 4.82. The van der Waals surface area contributed by atoms with Crippen LogP contribution in [-0.4, -0.2) is 35.6 Å². The minimum absolute atomic E-state index is 0.203. The molecule has 2 fully saturated rings. The van der Waals surface area contributed by atoms with Gasteiger partial charge >= 0.3 is 17.9 Å². The highest BCUT2D eigenvalue weighted by Gasteiger charge is 2.76. The topological polar surface area (TPSA) is 96.0 Å². The number of carbonyl (C=O) groups is 4. The highest BCUT2D eigenvalue weighted by molar-refractivity contribution is 6.00. The monoisotopic (exact) mass is 298 g/mol. The highest BCUT2D eigenvalue weighted by Crippen LogP contribution is 2.55. The van der Waals surface area contributed by atoms with Gasteiger partial charge in [-0.05, 0) is 13.3 Å². The summed E-state index contributed by atoms with van der Waals surface area (Å²) in [6.07, 6.45) is -0.782. The fourth-order valence-corrected chi connectivity index (χ4v) is 3.32. The molecule has 0 aromatic heterocycles. The molecule has 0 spiro atoms. The Balaban J connectivity index is 2.58. The average Bonchev–Trinajstić information content (AvgIpc) is 2.57. The molecule has 0 unspecified atom stereocenters. The lowest BCUT2D eigenvalue weighted by Gasteiger charge is -2.45. The van der Waals surface area contributed by atoms with Gasteiger partial charge in [-0.3, -0.25) is 14.4 Å². The molecule has 0 radical (unpaired) electrons. The van der Waals surface area contributed by atoms with Crippen molar-refractivity contribution in [2.45, 2.75) is 52.4 Å². The fraction of sp³-hybridized carbons (Fsp3) is 0.714. The Bertz CT molecular complexity index is 525. The number of Topliss-reactive ketones (excluding diaryl/α,β-unsaturated/α-hetero) is 1. The van der Waals surface area contributed by atoms with E-state index >= 15 is 0 Å². The Labute approximate surface area is 121 Å². The molecule has 7 nitrogen and oxygen atoms in total. The maximum absolute atomic E-state index is 12.5. The number of ketones is 1. The largest absolute Gasteiger partial charge is 0.445 e. The summed E-state index contributed by atoms with van der Waals surface area (Å²) in [5.41, 5.74) is -3.27. The second-order valence-corrected chi connectivity index (χ2v) is 5.74. The van der Waals surface area contributed by atoms with Crippen molar-refractivity contribution in [3.63, 3.8) is 0 Å². The minimum Gasteiger partial charge on any atom is -0.445 e. The van der Waals surface area contributed by atoms with E-state index in [4.69, 9.17) is 14.2 Å². The predicted octanol–water partition coefficient (Wildman–Crippen LogP) is 0.740. The lowest BCUT2D eigenvalue weighted by atomic mass is 9.59. The van der Waals surface area contributed by atoms with Crippen molar-refractivity contribution in [1.29, 1.82) is 0 Å². The number of rotatable bonds is 2. The van der Waals surface area contributed by atoms with E-state index in [9.17, 15) is 19.2 Å². The summed E-state index contributed by atoms with van der Waals surface area (Å²) in [5, 5.41) is 0. The third-order valence-corrected chi connectivity index (χ3v) is 4.42. The molecule has 0 amide bonds. The van der Waals surface area contributed by atoms with Crippen LogP contribution in [-0.2, 0) is 33.4 Å². The zero-order chi connectivity index (χ0) is 16.0. The van der Waals surface area contributed by atoms with Crippen LogP contribution in [0.2, 0.25) is 0 Å². The first-order valence-corrected chi connectivity index (χ1v) is 6.77. The maximum Gasteiger partial charge on any atom is 0.355 e. The van der Waals surface area contributed by atoms with Crippen LogP contribution in [0.15, 0.2) is 0 Å². The summed E-state index contributed by atoms with van der Waals surface area (Å²) in [6, 6.07) is 0. The summed E-state index contributed by atoms with van der Waals surface area (Å²) in [7, 11) is 0. The first kappa shape index (κ1) is 15.5. The van der Waals surface area contributed by atoms with E-state index in [-0.39, 0.29) is 12.2 Å². The molecule has 1 saturated heterocycles. The second-order valence-electron chi connectivity index (χ2n) is 5.74. The SMILES string of the molecule is CC(=O)O[C@H]1OC(=O)[C@]2(OC(C)=O)[C@H](C)CCC(=O)[C@]12C. The summed E-state index contributed by atoms with van der Waals surface area (Å²) < 4.78 is 15.4. The molecule has 21 heavy (non-hydrogen) atoms. The number of carbonyl (C=O) groups excluding carboxylic acids is 4. The maximum atomic E-state index is 12.5. The molecule has 7 heteroatoms. The van der Waals surface area contributed by atoms with Crippen LogP contribution >= 0.6 is 0 Å². The molecule has 1 aliphatic carbocycles. The van der Waals surface area contributed by atoms with Crippen LogP contribution in [0.3, 0.4) is 0 Å². The first-order chi connectivity index (χ1) is 9.66. The van der Waals surface area contributed by atoms with Gasteiger partial charge in [-0.25, -0.2) is 4.79 Å². The van der Waals surface area contributed by atoms with E-state index in [1.807, 2.05) is 0 Å². The predicted molar refractivity (Wildman–Crippen MR) is 67.7 cm³/mol. The number of hydrogen-bond acceptors (Lipinski definition) is 7. The normalized spacial score (nSPS) is 38.5. The molecule has 1 heterocycles. The lowest BCUT2D eigenvalue weighted by molar-refractivity contribution is -0.204. The third-order valence-electron chi connectivity index (χ3n) is 4.42. The smallest absolute Gasteiger partial charge is 0.355 e. The summed E-state index contributed by atoms with van der Waals surface area (Å²) in [6.45, 7) is 5.48. The molecule has 0 N–H and O–H groups in total. The van der Waals surface area contributed by atoms with Gasteiger partial charge in [0.15, 0.2) is 11.2 Å². The van der Waals surface area contributed by atoms with E-state index < -0.39 is 41.1 Å². The molecular formula is C14H18O7. The minimum atomic E-state index is -1.74. The molecule has 2 rings (SSSR count). The van der Waals surface area contributed by atoms with Crippen molar-refractivity contribution in [3.8, 4) is 0 Å². The van der Waals surface area contributed by atoms with Gasteiger partial charge in [0.25, 0.3) is 6.29 Å². The van der Waals surface area contributed by atoms with Crippen LogP contribution < -0.4 is 0 Å². The summed E-state index contributed by atoms with van der Waals surface area (Å²) in [4.78, 5) is 47.5. The van der Waals surface area contributed by atoms with Gasteiger partial charge in [0, 0.05) is 26.2 Å².